The molecule has 2 rings (SSSR count). The van der Waals surface area contributed by atoms with E-state index in [2.05, 4.69) is 17.1 Å². The second-order valence-electron chi connectivity index (χ2n) is 6.98. The van der Waals surface area contributed by atoms with E-state index in [0.29, 0.717) is 17.8 Å². The highest BCUT2D eigenvalue weighted by Crippen LogP contribution is 2.17. The molecule has 0 bridgehead atoms. The van der Waals surface area contributed by atoms with E-state index in [1.54, 1.807) is 24.7 Å². The van der Waals surface area contributed by atoms with Crippen LogP contribution in [0.4, 0.5) is 0 Å². The van der Waals surface area contributed by atoms with Gasteiger partial charge in [-0.1, -0.05) is 6.92 Å². The quantitative estimate of drug-likeness (QED) is 0.745. The number of aromatic nitrogens is 1. The standard InChI is InChI=1S/C18H29N3O3/c1-13-6-4-8-21(11-13)9-5-7-19-16(22)10-15-17(18(23)24)14(2)12-20(15)3/h12-13H,4-11H2,1-3H3,(H,19,22)(H,23,24). The van der Waals surface area contributed by atoms with Crippen LogP contribution < -0.4 is 5.32 Å². The van der Waals surface area contributed by atoms with Gasteiger partial charge >= 0.3 is 5.97 Å². The summed E-state index contributed by atoms with van der Waals surface area (Å²) in [5, 5.41) is 12.2. The second kappa shape index (κ2) is 8.33. The lowest BCUT2D eigenvalue weighted by atomic mass is 10.0. The Balaban J connectivity index is 1.77. The largest absolute Gasteiger partial charge is 0.478 e. The zero-order valence-electron chi connectivity index (χ0n) is 15.0. The van der Waals surface area contributed by atoms with Crippen LogP contribution in [0.5, 0.6) is 0 Å². The van der Waals surface area contributed by atoms with Crippen LogP contribution in [0.3, 0.4) is 0 Å². The summed E-state index contributed by atoms with van der Waals surface area (Å²) < 4.78 is 1.73. The van der Waals surface area contributed by atoms with E-state index in [4.69, 9.17) is 0 Å². The third kappa shape index (κ3) is 4.84. The fourth-order valence-electron chi connectivity index (χ4n) is 3.58. The van der Waals surface area contributed by atoms with Gasteiger partial charge in [0.25, 0.3) is 0 Å². The Morgan fingerprint density at radius 3 is 2.83 bits per heavy atom. The molecule has 1 aromatic rings. The number of nitrogens with zero attached hydrogens (tertiary/aromatic N) is 2. The summed E-state index contributed by atoms with van der Waals surface area (Å²) in [5.74, 6) is -0.329. The monoisotopic (exact) mass is 335 g/mol. The van der Waals surface area contributed by atoms with E-state index in [9.17, 15) is 14.7 Å². The first-order valence-electron chi connectivity index (χ1n) is 8.75. The molecule has 6 heteroatoms. The lowest BCUT2D eigenvalue weighted by Crippen LogP contribution is -2.36. The van der Waals surface area contributed by atoms with Crippen LogP contribution in [0.1, 0.15) is 47.8 Å². The molecule has 1 saturated heterocycles. The number of hydrogen-bond donors (Lipinski definition) is 2. The first-order chi connectivity index (χ1) is 11.4. The van der Waals surface area contributed by atoms with Gasteiger partial charge in [0.1, 0.15) is 0 Å². The molecule has 0 aromatic carbocycles. The van der Waals surface area contributed by atoms with Crippen molar-refractivity contribution in [2.24, 2.45) is 13.0 Å². The summed E-state index contributed by atoms with van der Waals surface area (Å²) in [6.45, 7) is 7.99. The predicted molar refractivity (Wildman–Crippen MR) is 93.3 cm³/mol. The second-order valence-corrected chi connectivity index (χ2v) is 6.98. The molecule has 1 aromatic heterocycles. The van der Waals surface area contributed by atoms with Gasteiger partial charge in [-0.3, -0.25) is 4.79 Å². The Kier molecular flexibility index (Phi) is 6.43. The molecule has 0 saturated carbocycles. The van der Waals surface area contributed by atoms with Crippen LogP contribution in [-0.2, 0) is 18.3 Å². The van der Waals surface area contributed by atoms with Gasteiger partial charge in [-0.2, -0.15) is 0 Å². The third-order valence-electron chi connectivity index (χ3n) is 4.75. The Bertz CT molecular complexity index is 595. The van der Waals surface area contributed by atoms with Gasteiger partial charge in [0.2, 0.25) is 5.91 Å². The van der Waals surface area contributed by atoms with Crippen LogP contribution >= 0.6 is 0 Å². The average molecular weight is 335 g/mol. The van der Waals surface area contributed by atoms with Crippen molar-refractivity contribution in [3.05, 3.63) is 23.0 Å². The highest BCUT2D eigenvalue weighted by Gasteiger charge is 2.20. The van der Waals surface area contributed by atoms with E-state index in [-0.39, 0.29) is 17.9 Å². The minimum atomic E-state index is -0.977. The van der Waals surface area contributed by atoms with Gasteiger partial charge in [0.15, 0.2) is 0 Å². The number of hydrogen-bond acceptors (Lipinski definition) is 3. The van der Waals surface area contributed by atoms with Crippen molar-refractivity contribution in [3.8, 4) is 0 Å². The van der Waals surface area contributed by atoms with Crippen LogP contribution in [0.15, 0.2) is 6.20 Å². The number of carboxylic acids is 1. The van der Waals surface area contributed by atoms with Gasteiger partial charge in [-0.05, 0) is 50.8 Å². The first kappa shape index (κ1) is 18.5. The predicted octanol–water partition coefficient (Wildman–Crippen LogP) is 1.81. The minimum absolute atomic E-state index is 0.104. The lowest BCUT2D eigenvalue weighted by molar-refractivity contribution is -0.120. The van der Waals surface area contributed by atoms with Crippen molar-refractivity contribution < 1.29 is 14.7 Å². The lowest BCUT2D eigenvalue weighted by Gasteiger charge is -2.30. The average Bonchev–Trinajstić information content (AvgIpc) is 2.78. The molecular weight excluding hydrogens is 306 g/mol. The zero-order valence-corrected chi connectivity index (χ0v) is 15.0. The summed E-state index contributed by atoms with van der Waals surface area (Å²) in [6.07, 6.45) is 5.36. The number of rotatable bonds is 7. The van der Waals surface area contributed by atoms with E-state index < -0.39 is 5.97 Å². The molecule has 0 spiro atoms. The van der Waals surface area contributed by atoms with E-state index >= 15 is 0 Å². The molecule has 6 nitrogen and oxygen atoms in total. The highest BCUT2D eigenvalue weighted by atomic mass is 16.4. The normalized spacial score (nSPS) is 18.5. The maximum atomic E-state index is 12.1. The SMILES string of the molecule is Cc1cn(C)c(CC(=O)NCCCN2CCCC(C)C2)c1C(=O)O. The molecular formula is C18H29N3O3. The number of piperidine rings is 1. The highest BCUT2D eigenvalue weighted by molar-refractivity contribution is 5.92. The Labute approximate surface area is 143 Å². The fourth-order valence-corrected chi connectivity index (χ4v) is 3.58. The molecule has 1 amide bonds. The van der Waals surface area contributed by atoms with Crippen LogP contribution in [0.2, 0.25) is 0 Å². The Hall–Kier alpha value is -1.82. The van der Waals surface area contributed by atoms with Crippen molar-refractivity contribution in [1.82, 2.24) is 14.8 Å². The Morgan fingerprint density at radius 2 is 2.17 bits per heavy atom. The number of carbonyl (C=O) groups is 2. The maximum Gasteiger partial charge on any atom is 0.337 e. The maximum absolute atomic E-state index is 12.1. The Morgan fingerprint density at radius 1 is 1.42 bits per heavy atom. The van der Waals surface area contributed by atoms with Gasteiger partial charge < -0.3 is 19.9 Å². The molecule has 0 aliphatic carbocycles. The van der Waals surface area contributed by atoms with Crippen LogP contribution in [0, 0.1) is 12.8 Å². The molecule has 2 heterocycles. The van der Waals surface area contributed by atoms with Crippen molar-refractivity contribution >= 4 is 11.9 Å². The smallest absolute Gasteiger partial charge is 0.337 e. The molecule has 134 valence electrons. The zero-order chi connectivity index (χ0) is 17.7. The number of carbonyl (C=O) groups excluding carboxylic acids is 1. The van der Waals surface area contributed by atoms with E-state index in [1.807, 2.05) is 0 Å². The molecule has 1 atom stereocenters. The molecule has 0 radical (unpaired) electrons. The number of aryl methyl sites for hydroxylation is 2. The third-order valence-corrected chi connectivity index (χ3v) is 4.75. The molecule has 24 heavy (non-hydrogen) atoms. The van der Waals surface area contributed by atoms with Gasteiger partial charge in [0.05, 0.1) is 12.0 Å². The van der Waals surface area contributed by atoms with Gasteiger partial charge in [0, 0.05) is 32.0 Å². The van der Waals surface area contributed by atoms with E-state index in [0.717, 1.165) is 32.0 Å². The number of aromatic carboxylic acids is 1. The molecule has 1 aliphatic rings. The first-order valence-corrected chi connectivity index (χ1v) is 8.75. The van der Waals surface area contributed by atoms with Crippen molar-refractivity contribution in [2.75, 3.05) is 26.2 Å². The van der Waals surface area contributed by atoms with Crippen LogP contribution in [-0.4, -0.2) is 52.6 Å². The van der Waals surface area contributed by atoms with Crippen molar-refractivity contribution in [1.29, 1.82) is 0 Å². The summed E-state index contributed by atoms with van der Waals surface area (Å²) in [4.78, 5) is 25.9. The summed E-state index contributed by atoms with van der Waals surface area (Å²) in [6, 6.07) is 0. The molecule has 1 aliphatic heterocycles. The molecule has 1 unspecified atom stereocenters. The van der Waals surface area contributed by atoms with Crippen molar-refractivity contribution in [2.45, 2.75) is 39.5 Å². The van der Waals surface area contributed by atoms with Gasteiger partial charge in [-0.25, -0.2) is 4.79 Å². The fraction of sp³-hybridized carbons (Fsp3) is 0.667. The summed E-state index contributed by atoms with van der Waals surface area (Å²) in [7, 11) is 1.78. The number of likely N-dealkylation sites (tertiary alicyclic amines) is 1. The van der Waals surface area contributed by atoms with Gasteiger partial charge in [-0.15, -0.1) is 0 Å². The number of carboxylic acid groups (broad SMARTS) is 1. The molecule has 2 N–H and O–H groups in total. The van der Waals surface area contributed by atoms with Crippen LogP contribution in [0.25, 0.3) is 0 Å². The number of nitrogens with one attached hydrogen (secondary N) is 1. The van der Waals surface area contributed by atoms with E-state index in [1.165, 1.54) is 12.8 Å². The molecule has 1 fully saturated rings. The topological polar surface area (TPSA) is 74.6 Å². The summed E-state index contributed by atoms with van der Waals surface area (Å²) >= 11 is 0. The number of amides is 1. The van der Waals surface area contributed by atoms with Crippen molar-refractivity contribution in [3.63, 3.8) is 0 Å². The minimum Gasteiger partial charge on any atom is -0.478 e. The summed E-state index contributed by atoms with van der Waals surface area (Å²) in [5.41, 5.74) is 1.49.